The van der Waals surface area contributed by atoms with Gasteiger partial charge in [0.05, 0.1) is 28.9 Å². The van der Waals surface area contributed by atoms with Crippen LogP contribution >= 0.6 is 46.4 Å². The van der Waals surface area contributed by atoms with Gasteiger partial charge in [-0.2, -0.15) is 0 Å². The van der Waals surface area contributed by atoms with Crippen molar-refractivity contribution in [2.24, 2.45) is 0 Å². The molecule has 3 aromatic rings. The van der Waals surface area contributed by atoms with Gasteiger partial charge < -0.3 is 10.1 Å². The molecule has 0 fully saturated rings. The summed E-state index contributed by atoms with van der Waals surface area (Å²) in [5, 5.41) is 4.21. The number of hydrogen-bond acceptors (Lipinski definition) is 3. The number of halogens is 4. The fraction of sp³-hybridized carbons (Fsp3) is 0.0476. The van der Waals surface area contributed by atoms with Crippen LogP contribution in [0.3, 0.4) is 0 Å². The van der Waals surface area contributed by atoms with E-state index in [1.54, 1.807) is 42.5 Å². The number of ether oxygens (including phenoxy) is 1. The third kappa shape index (κ3) is 4.85. The highest BCUT2D eigenvalue weighted by Gasteiger charge is 2.18. The zero-order valence-corrected chi connectivity index (χ0v) is 18.0. The largest absolute Gasteiger partial charge is 0.465 e. The van der Waals surface area contributed by atoms with Gasteiger partial charge in [-0.15, -0.1) is 0 Å². The van der Waals surface area contributed by atoms with Gasteiger partial charge in [0.2, 0.25) is 0 Å². The molecule has 3 rings (SSSR count). The molecule has 0 aliphatic rings. The Labute approximate surface area is 187 Å². The third-order valence-corrected chi connectivity index (χ3v) is 5.19. The summed E-state index contributed by atoms with van der Waals surface area (Å²) in [5.74, 6) is -1.11. The van der Waals surface area contributed by atoms with Crippen LogP contribution in [-0.2, 0) is 4.74 Å². The lowest BCUT2D eigenvalue weighted by Crippen LogP contribution is -2.16. The molecule has 3 aromatic carbocycles. The molecule has 0 unspecified atom stereocenters. The Hall–Kier alpha value is -2.24. The molecular weight excluding hydrogens is 456 g/mol. The van der Waals surface area contributed by atoms with E-state index in [0.717, 1.165) is 0 Å². The summed E-state index contributed by atoms with van der Waals surface area (Å²) < 4.78 is 4.86. The van der Waals surface area contributed by atoms with Crippen LogP contribution in [0.5, 0.6) is 0 Å². The van der Waals surface area contributed by atoms with Gasteiger partial charge in [0.1, 0.15) is 0 Å². The Morgan fingerprint density at radius 1 is 0.793 bits per heavy atom. The molecule has 0 heterocycles. The molecule has 0 aliphatic heterocycles. The van der Waals surface area contributed by atoms with Crippen molar-refractivity contribution < 1.29 is 14.3 Å². The molecule has 0 bridgehead atoms. The Bertz CT molecular complexity index is 1120. The Balaban J connectivity index is 2.00. The van der Waals surface area contributed by atoms with Gasteiger partial charge in [0, 0.05) is 20.6 Å². The standard InChI is InChI=1S/C21H13Cl4NO3/c1-29-21(28)16-8-11(14-5-3-12(22)9-17(14)24)2-7-19(16)26-20(27)15-6-4-13(23)10-18(15)25/h2-10H,1H3,(H,26,27). The van der Waals surface area contributed by atoms with Gasteiger partial charge in [0.15, 0.2) is 0 Å². The highest BCUT2D eigenvalue weighted by molar-refractivity contribution is 6.37. The van der Waals surface area contributed by atoms with Crippen LogP contribution < -0.4 is 5.32 Å². The molecule has 29 heavy (non-hydrogen) atoms. The number of hydrogen-bond donors (Lipinski definition) is 1. The molecule has 0 atom stereocenters. The monoisotopic (exact) mass is 467 g/mol. The minimum Gasteiger partial charge on any atom is -0.465 e. The van der Waals surface area contributed by atoms with Crippen molar-refractivity contribution >= 4 is 64.0 Å². The quantitative estimate of drug-likeness (QED) is 0.419. The van der Waals surface area contributed by atoms with Gasteiger partial charge in [0.25, 0.3) is 5.91 Å². The number of methoxy groups -OCH3 is 1. The summed E-state index contributed by atoms with van der Waals surface area (Å²) in [7, 11) is 1.26. The van der Waals surface area contributed by atoms with E-state index in [-0.39, 0.29) is 21.8 Å². The zero-order chi connectivity index (χ0) is 21.1. The summed E-state index contributed by atoms with van der Waals surface area (Å²) in [6.07, 6.45) is 0. The van der Waals surface area contributed by atoms with Crippen molar-refractivity contribution in [3.05, 3.63) is 85.8 Å². The van der Waals surface area contributed by atoms with Crippen LogP contribution in [0.25, 0.3) is 11.1 Å². The number of benzene rings is 3. The average Bonchev–Trinajstić information content (AvgIpc) is 2.67. The predicted molar refractivity (Wildman–Crippen MR) is 118 cm³/mol. The topological polar surface area (TPSA) is 55.4 Å². The molecule has 0 aromatic heterocycles. The first-order valence-electron chi connectivity index (χ1n) is 8.24. The van der Waals surface area contributed by atoms with Crippen LogP contribution in [0.1, 0.15) is 20.7 Å². The maximum absolute atomic E-state index is 12.6. The van der Waals surface area contributed by atoms with Gasteiger partial charge in [-0.25, -0.2) is 4.79 Å². The summed E-state index contributed by atoms with van der Waals surface area (Å²) in [6.45, 7) is 0. The molecule has 1 N–H and O–H groups in total. The number of rotatable bonds is 4. The number of carbonyl (C=O) groups excluding carboxylic acids is 2. The van der Waals surface area contributed by atoms with Crippen LogP contribution in [0.2, 0.25) is 20.1 Å². The van der Waals surface area contributed by atoms with Crippen molar-refractivity contribution in [2.45, 2.75) is 0 Å². The van der Waals surface area contributed by atoms with E-state index >= 15 is 0 Å². The normalized spacial score (nSPS) is 10.5. The van der Waals surface area contributed by atoms with E-state index in [2.05, 4.69) is 5.32 Å². The second kappa shape index (κ2) is 9.06. The number of anilines is 1. The highest BCUT2D eigenvalue weighted by Crippen LogP contribution is 2.33. The van der Waals surface area contributed by atoms with E-state index < -0.39 is 11.9 Å². The fourth-order valence-electron chi connectivity index (χ4n) is 2.69. The molecule has 8 heteroatoms. The van der Waals surface area contributed by atoms with Crippen LogP contribution in [0, 0.1) is 0 Å². The van der Waals surface area contributed by atoms with E-state index in [1.807, 2.05) is 0 Å². The van der Waals surface area contributed by atoms with E-state index in [4.69, 9.17) is 51.1 Å². The fourth-order valence-corrected chi connectivity index (χ4v) is 3.70. The zero-order valence-electron chi connectivity index (χ0n) is 14.9. The van der Waals surface area contributed by atoms with Crippen LogP contribution in [-0.4, -0.2) is 19.0 Å². The van der Waals surface area contributed by atoms with E-state index in [0.29, 0.717) is 26.2 Å². The number of carbonyl (C=O) groups is 2. The highest BCUT2D eigenvalue weighted by atomic mass is 35.5. The lowest BCUT2D eigenvalue weighted by molar-refractivity contribution is 0.0602. The van der Waals surface area contributed by atoms with Crippen LogP contribution in [0.15, 0.2) is 54.6 Å². The van der Waals surface area contributed by atoms with Crippen molar-refractivity contribution in [1.82, 2.24) is 0 Å². The Morgan fingerprint density at radius 3 is 2.07 bits per heavy atom. The van der Waals surface area contributed by atoms with Crippen molar-refractivity contribution in [3.8, 4) is 11.1 Å². The summed E-state index contributed by atoms with van der Waals surface area (Å²) in [6, 6.07) is 14.5. The van der Waals surface area contributed by atoms with Crippen molar-refractivity contribution in [3.63, 3.8) is 0 Å². The lowest BCUT2D eigenvalue weighted by atomic mass is 10.0. The molecule has 0 radical (unpaired) electrons. The molecule has 0 spiro atoms. The second-order valence-corrected chi connectivity index (χ2v) is 7.64. The molecule has 1 amide bonds. The average molecular weight is 469 g/mol. The van der Waals surface area contributed by atoms with E-state index in [9.17, 15) is 9.59 Å². The van der Waals surface area contributed by atoms with Gasteiger partial charge in [-0.3, -0.25) is 4.79 Å². The lowest BCUT2D eigenvalue weighted by Gasteiger charge is -2.13. The number of amides is 1. The molecule has 148 valence electrons. The second-order valence-electron chi connectivity index (χ2n) is 5.95. The SMILES string of the molecule is COC(=O)c1cc(-c2ccc(Cl)cc2Cl)ccc1NC(=O)c1ccc(Cl)cc1Cl. The minimum atomic E-state index is -0.616. The van der Waals surface area contributed by atoms with Gasteiger partial charge >= 0.3 is 5.97 Å². The first-order chi connectivity index (χ1) is 13.8. The molecular formula is C21H13Cl4NO3. The first-order valence-corrected chi connectivity index (χ1v) is 9.75. The molecule has 4 nitrogen and oxygen atoms in total. The van der Waals surface area contributed by atoms with E-state index in [1.165, 1.54) is 19.2 Å². The summed E-state index contributed by atoms with van der Waals surface area (Å²) in [5.41, 5.74) is 1.99. The smallest absolute Gasteiger partial charge is 0.339 e. The Morgan fingerprint density at radius 2 is 1.45 bits per heavy atom. The maximum Gasteiger partial charge on any atom is 0.339 e. The Kier molecular flexibility index (Phi) is 6.70. The van der Waals surface area contributed by atoms with Crippen LogP contribution in [0.4, 0.5) is 5.69 Å². The predicted octanol–water partition coefficient (Wildman–Crippen LogP) is 7.01. The summed E-state index contributed by atoms with van der Waals surface area (Å²) in [4.78, 5) is 24.9. The number of nitrogens with one attached hydrogen (secondary N) is 1. The third-order valence-electron chi connectivity index (χ3n) is 4.09. The molecule has 0 saturated heterocycles. The maximum atomic E-state index is 12.6. The number of esters is 1. The molecule has 0 aliphatic carbocycles. The van der Waals surface area contributed by atoms with Crippen molar-refractivity contribution in [2.75, 3.05) is 12.4 Å². The first kappa shape index (κ1) is 21.5. The molecule has 0 saturated carbocycles. The summed E-state index contributed by atoms with van der Waals surface area (Å²) >= 11 is 24.2. The van der Waals surface area contributed by atoms with Crippen molar-refractivity contribution in [1.29, 1.82) is 0 Å². The van der Waals surface area contributed by atoms with Gasteiger partial charge in [-0.05, 0) is 48.0 Å². The van der Waals surface area contributed by atoms with Gasteiger partial charge in [-0.1, -0.05) is 58.5 Å². The minimum absolute atomic E-state index is 0.162.